The fraction of sp³-hybridized carbons (Fsp3) is 0.619. The van der Waals surface area contributed by atoms with Crippen molar-refractivity contribution in [2.75, 3.05) is 26.2 Å². The molecular weight excluding hydrogens is 426 g/mol. The number of amides is 2. The Morgan fingerprint density at radius 2 is 1.67 bits per heavy atom. The Balaban J connectivity index is 1.67. The highest BCUT2D eigenvalue weighted by atomic mass is 35.5. The van der Waals surface area contributed by atoms with Gasteiger partial charge in [0.1, 0.15) is 0 Å². The van der Waals surface area contributed by atoms with E-state index in [0.717, 1.165) is 25.9 Å². The molecule has 0 radical (unpaired) electrons. The average Bonchev–Trinajstić information content (AvgIpc) is 2.73. The van der Waals surface area contributed by atoms with Gasteiger partial charge < -0.3 is 9.80 Å². The third kappa shape index (κ3) is 5.34. The van der Waals surface area contributed by atoms with E-state index in [-0.39, 0.29) is 39.3 Å². The molecule has 30 heavy (non-hydrogen) atoms. The van der Waals surface area contributed by atoms with Crippen LogP contribution in [-0.2, 0) is 14.8 Å². The summed E-state index contributed by atoms with van der Waals surface area (Å²) in [4.78, 5) is 29.4. The van der Waals surface area contributed by atoms with E-state index in [1.165, 1.54) is 24.6 Å². The maximum absolute atomic E-state index is 13.0. The summed E-state index contributed by atoms with van der Waals surface area (Å²) in [7, 11) is -3.73. The van der Waals surface area contributed by atoms with Gasteiger partial charge in [0.15, 0.2) is 0 Å². The molecule has 0 bridgehead atoms. The minimum Gasteiger partial charge on any atom is -0.342 e. The molecule has 2 fully saturated rings. The molecule has 0 aliphatic carbocycles. The topological polar surface area (TPSA) is 86.8 Å². The van der Waals surface area contributed by atoms with E-state index in [9.17, 15) is 18.0 Å². The van der Waals surface area contributed by atoms with E-state index < -0.39 is 10.0 Å². The molecule has 3 rings (SSSR count). The van der Waals surface area contributed by atoms with Gasteiger partial charge in [-0.1, -0.05) is 11.6 Å². The second-order valence-corrected chi connectivity index (χ2v) is 10.5. The summed E-state index contributed by atoms with van der Waals surface area (Å²) in [5.74, 6) is -0.150. The number of carbonyl (C=O) groups is 2. The first-order chi connectivity index (χ1) is 14.2. The highest BCUT2D eigenvalue weighted by molar-refractivity contribution is 7.89. The lowest BCUT2D eigenvalue weighted by Crippen LogP contribution is -2.45. The summed E-state index contributed by atoms with van der Waals surface area (Å²) in [6.07, 6.45) is 4.54. The molecule has 166 valence electrons. The first-order valence-electron chi connectivity index (χ1n) is 10.6. The number of hydrogen-bond acceptors (Lipinski definition) is 4. The molecule has 1 aromatic rings. The van der Waals surface area contributed by atoms with Gasteiger partial charge >= 0.3 is 0 Å². The Morgan fingerprint density at radius 3 is 2.27 bits per heavy atom. The van der Waals surface area contributed by atoms with Crippen LogP contribution < -0.4 is 4.72 Å². The predicted molar refractivity (Wildman–Crippen MR) is 116 cm³/mol. The quantitative estimate of drug-likeness (QED) is 0.739. The van der Waals surface area contributed by atoms with Gasteiger partial charge in [0, 0.05) is 38.1 Å². The summed E-state index contributed by atoms with van der Waals surface area (Å²) >= 11 is 6.22. The minimum absolute atomic E-state index is 0.0131. The van der Waals surface area contributed by atoms with Crippen molar-refractivity contribution in [1.82, 2.24) is 14.5 Å². The zero-order valence-corrected chi connectivity index (χ0v) is 19.1. The summed E-state index contributed by atoms with van der Waals surface area (Å²) in [5, 5.41) is 0.218. The van der Waals surface area contributed by atoms with Gasteiger partial charge in [0.2, 0.25) is 15.9 Å². The van der Waals surface area contributed by atoms with Crippen LogP contribution >= 0.6 is 11.6 Å². The lowest BCUT2D eigenvalue weighted by Gasteiger charge is -2.35. The molecule has 0 saturated carbocycles. The zero-order chi connectivity index (χ0) is 21.9. The van der Waals surface area contributed by atoms with Gasteiger partial charge in [-0.25, -0.2) is 13.1 Å². The number of carbonyl (C=O) groups excluding carboxylic acids is 2. The molecule has 7 nitrogen and oxygen atoms in total. The number of benzene rings is 1. The number of rotatable bonds is 5. The minimum atomic E-state index is -3.73. The van der Waals surface area contributed by atoms with Gasteiger partial charge in [-0.2, -0.15) is 0 Å². The van der Waals surface area contributed by atoms with Crippen molar-refractivity contribution in [2.24, 2.45) is 5.92 Å². The number of nitrogens with one attached hydrogen (secondary N) is 1. The maximum atomic E-state index is 13.0. The van der Waals surface area contributed by atoms with Crippen LogP contribution in [0.4, 0.5) is 0 Å². The molecule has 1 aromatic carbocycles. The maximum Gasteiger partial charge on any atom is 0.255 e. The van der Waals surface area contributed by atoms with Crippen LogP contribution in [0.2, 0.25) is 5.02 Å². The number of hydrogen-bond donors (Lipinski definition) is 1. The van der Waals surface area contributed by atoms with Gasteiger partial charge in [0.05, 0.1) is 15.5 Å². The molecule has 0 unspecified atom stereocenters. The van der Waals surface area contributed by atoms with Crippen LogP contribution in [0.25, 0.3) is 0 Å². The highest BCUT2D eigenvalue weighted by Crippen LogP contribution is 2.26. The molecule has 2 saturated heterocycles. The normalized spacial score (nSPS) is 18.7. The fourth-order valence-electron chi connectivity index (χ4n) is 4.09. The second kappa shape index (κ2) is 9.66. The Hall–Kier alpha value is -1.64. The van der Waals surface area contributed by atoms with E-state index in [1.807, 2.05) is 4.90 Å². The van der Waals surface area contributed by atoms with E-state index >= 15 is 0 Å². The first-order valence-corrected chi connectivity index (χ1v) is 12.4. The van der Waals surface area contributed by atoms with Crippen LogP contribution in [0.15, 0.2) is 23.1 Å². The van der Waals surface area contributed by atoms with Crippen LogP contribution in [0.3, 0.4) is 0 Å². The van der Waals surface area contributed by atoms with Crippen molar-refractivity contribution in [3.05, 3.63) is 28.8 Å². The van der Waals surface area contributed by atoms with E-state index in [0.29, 0.717) is 25.9 Å². The summed E-state index contributed by atoms with van der Waals surface area (Å²) in [6.45, 7) is 6.05. The Kier molecular flexibility index (Phi) is 7.42. The summed E-state index contributed by atoms with van der Waals surface area (Å²) in [6, 6.07) is 3.91. The molecule has 2 aliphatic rings. The molecule has 1 N–H and O–H groups in total. The van der Waals surface area contributed by atoms with Crippen molar-refractivity contribution < 1.29 is 18.0 Å². The molecular formula is C21H30ClN3O4S. The smallest absolute Gasteiger partial charge is 0.255 e. The van der Waals surface area contributed by atoms with Crippen molar-refractivity contribution in [3.63, 3.8) is 0 Å². The van der Waals surface area contributed by atoms with Crippen molar-refractivity contribution in [3.8, 4) is 0 Å². The van der Waals surface area contributed by atoms with Crippen molar-refractivity contribution in [2.45, 2.75) is 56.9 Å². The van der Waals surface area contributed by atoms with Crippen LogP contribution in [-0.4, -0.2) is 62.3 Å². The van der Waals surface area contributed by atoms with Crippen LogP contribution in [0.1, 0.15) is 56.3 Å². The molecule has 9 heteroatoms. The van der Waals surface area contributed by atoms with Gasteiger partial charge in [0.25, 0.3) is 5.91 Å². The SMILES string of the molecule is CC(C)NS(=O)(=O)c1ccc(Cl)c(C(=O)N2CCC(C(=O)N3CCCCC3)CC2)c1. The molecule has 0 spiro atoms. The average molecular weight is 456 g/mol. The third-order valence-electron chi connectivity index (χ3n) is 5.67. The second-order valence-electron chi connectivity index (χ2n) is 8.37. The van der Waals surface area contributed by atoms with E-state index in [1.54, 1.807) is 18.7 Å². The Bertz CT molecular complexity index is 890. The number of sulfonamides is 1. The lowest BCUT2D eigenvalue weighted by atomic mass is 9.94. The van der Waals surface area contributed by atoms with Crippen LogP contribution in [0.5, 0.6) is 0 Å². The molecule has 0 aromatic heterocycles. The molecule has 2 amide bonds. The third-order valence-corrected chi connectivity index (χ3v) is 7.65. The van der Waals surface area contributed by atoms with E-state index in [4.69, 9.17) is 11.6 Å². The monoisotopic (exact) mass is 455 g/mol. The van der Waals surface area contributed by atoms with Gasteiger partial charge in [-0.15, -0.1) is 0 Å². The molecule has 0 atom stereocenters. The van der Waals surface area contributed by atoms with E-state index in [2.05, 4.69) is 4.72 Å². The predicted octanol–water partition coefficient (Wildman–Crippen LogP) is 2.89. The van der Waals surface area contributed by atoms with Crippen molar-refractivity contribution >= 4 is 33.4 Å². The summed E-state index contributed by atoms with van der Waals surface area (Å²) < 4.78 is 27.4. The lowest BCUT2D eigenvalue weighted by molar-refractivity contribution is -0.137. The zero-order valence-electron chi connectivity index (χ0n) is 17.6. The Labute approximate surface area is 183 Å². The summed E-state index contributed by atoms with van der Waals surface area (Å²) in [5.41, 5.74) is 0.170. The number of halogens is 1. The fourth-order valence-corrected chi connectivity index (χ4v) is 5.56. The first kappa shape index (κ1) is 23.0. The number of nitrogens with zero attached hydrogens (tertiary/aromatic N) is 2. The highest BCUT2D eigenvalue weighted by Gasteiger charge is 2.32. The van der Waals surface area contributed by atoms with Gasteiger partial charge in [-0.05, 0) is 64.2 Å². The largest absolute Gasteiger partial charge is 0.342 e. The van der Waals surface area contributed by atoms with Crippen molar-refractivity contribution in [1.29, 1.82) is 0 Å². The standard InChI is InChI=1S/C21H30ClN3O4S/c1-15(2)23-30(28,29)17-6-7-19(22)18(14-17)21(27)25-12-8-16(9-13-25)20(26)24-10-4-3-5-11-24/h6-7,14-16,23H,3-5,8-13H2,1-2H3. The van der Waals surface area contributed by atoms with Gasteiger partial charge in [-0.3, -0.25) is 9.59 Å². The number of piperidine rings is 2. The molecule has 2 heterocycles. The Morgan fingerprint density at radius 1 is 1.03 bits per heavy atom. The molecule has 2 aliphatic heterocycles. The van der Waals surface area contributed by atoms with Crippen LogP contribution in [0, 0.1) is 5.92 Å². The number of likely N-dealkylation sites (tertiary alicyclic amines) is 2.